The number of carbonyl (C=O) groups excluding carboxylic acids is 2. The number of amides is 2. The van der Waals surface area contributed by atoms with Crippen molar-refractivity contribution < 1.29 is 14.3 Å². The number of hydrogen-bond acceptors (Lipinski definition) is 4. The van der Waals surface area contributed by atoms with Gasteiger partial charge in [0.1, 0.15) is 5.75 Å². The molecular weight excluding hydrogens is 389 g/mol. The summed E-state index contributed by atoms with van der Waals surface area (Å²) >= 11 is 11.8. The lowest BCUT2D eigenvalue weighted by atomic mass is 10.2. The summed E-state index contributed by atoms with van der Waals surface area (Å²) in [5, 5.41) is 7.33. The fourth-order valence-electron chi connectivity index (χ4n) is 2.13. The molecule has 0 aliphatic heterocycles. The second-order valence-corrected chi connectivity index (χ2v) is 6.28. The van der Waals surface area contributed by atoms with Crippen LogP contribution in [0.4, 0.5) is 5.69 Å². The van der Waals surface area contributed by atoms with Gasteiger partial charge >= 0.3 is 0 Å². The lowest BCUT2D eigenvalue weighted by Gasteiger charge is -2.07. The van der Waals surface area contributed by atoms with Crippen LogP contribution >= 0.6 is 23.2 Å². The van der Waals surface area contributed by atoms with Gasteiger partial charge in [0.2, 0.25) is 11.8 Å². The molecule has 0 spiro atoms. The second kappa shape index (κ2) is 10.5. The predicted octanol–water partition coefficient (Wildman–Crippen LogP) is 4.26. The van der Waals surface area contributed by atoms with Crippen molar-refractivity contribution in [1.82, 2.24) is 5.43 Å². The van der Waals surface area contributed by atoms with E-state index in [1.54, 1.807) is 12.1 Å². The van der Waals surface area contributed by atoms with Gasteiger partial charge in [-0.25, -0.2) is 5.43 Å². The Kier molecular flexibility index (Phi) is 8.10. The van der Waals surface area contributed by atoms with Gasteiger partial charge < -0.3 is 10.1 Å². The maximum absolute atomic E-state index is 11.9. The van der Waals surface area contributed by atoms with Crippen LogP contribution in [0.3, 0.4) is 0 Å². The number of nitrogens with one attached hydrogen (secondary N) is 2. The molecule has 0 heterocycles. The van der Waals surface area contributed by atoms with Crippen LogP contribution in [-0.2, 0) is 9.59 Å². The number of rotatable bonds is 8. The van der Waals surface area contributed by atoms with E-state index in [1.165, 1.54) is 12.3 Å². The van der Waals surface area contributed by atoms with Gasteiger partial charge in [-0.15, -0.1) is 0 Å². The number of benzene rings is 2. The van der Waals surface area contributed by atoms with Crippen molar-refractivity contribution in [2.24, 2.45) is 5.10 Å². The first-order valence-electron chi connectivity index (χ1n) is 8.28. The summed E-state index contributed by atoms with van der Waals surface area (Å²) in [7, 11) is 0. The average molecular weight is 408 g/mol. The van der Waals surface area contributed by atoms with Crippen molar-refractivity contribution in [2.45, 2.75) is 19.8 Å². The topological polar surface area (TPSA) is 79.8 Å². The van der Waals surface area contributed by atoms with Gasteiger partial charge in [0, 0.05) is 23.4 Å². The van der Waals surface area contributed by atoms with E-state index < -0.39 is 0 Å². The quantitative estimate of drug-likeness (QED) is 0.506. The maximum atomic E-state index is 11.9. The number of anilines is 1. The summed E-state index contributed by atoms with van der Waals surface area (Å²) < 4.78 is 5.47. The Labute approximate surface area is 167 Å². The highest BCUT2D eigenvalue weighted by Crippen LogP contribution is 2.25. The van der Waals surface area contributed by atoms with Gasteiger partial charge in [-0.1, -0.05) is 35.3 Å². The third kappa shape index (κ3) is 6.92. The predicted molar refractivity (Wildman–Crippen MR) is 108 cm³/mol. The van der Waals surface area contributed by atoms with E-state index in [4.69, 9.17) is 27.9 Å². The van der Waals surface area contributed by atoms with Gasteiger partial charge in [0.25, 0.3) is 0 Å². The molecule has 0 bridgehead atoms. The molecule has 0 unspecified atom stereocenters. The standard InChI is InChI=1S/C19H19Cl2N3O3/c1-2-27-17-6-4-3-5-13(17)12-22-24-19(26)10-9-18(25)23-16-8-7-14(20)11-15(16)21/h3-8,11-12H,2,9-10H2,1H3,(H,23,25)(H,24,26). The molecule has 0 saturated heterocycles. The highest BCUT2D eigenvalue weighted by molar-refractivity contribution is 6.36. The smallest absolute Gasteiger partial charge is 0.240 e. The molecule has 142 valence electrons. The van der Waals surface area contributed by atoms with Gasteiger partial charge in [0.05, 0.1) is 23.5 Å². The van der Waals surface area contributed by atoms with E-state index in [9.17, 15) is 9.59 Å². The Hall–Kier alpha value is -2.57. The molecule has 0 aliphatic carbocycles. The maximum Gasteiger partial charge on any atom is 0.240 e. The molecule has 0 fully saturated rings. The molecule has 0 aromatic heterocycles. The Bertz CT molecular complexity index is 841. The first kappa shape index (κ1) is 20.7. The summed E-state index contributed by atoms with van der Waals surface area (Å²) in [6.07, 6.45) is 1.48. The highest BCUT2D eigenvalue weighted by atomic mass is 35.5. The zero-order chi connectivity index (χ0) is 19.6. The van der Waals surface area contributed by atoms with E-state index >= 15 is 0 Å². The zero-order valence-corrected chi connectivity index (χ0v) is 16.2. The third-order valence-electron chi connectivity index (χ3n) is 3.40. The summed E-state index contributed by atoms with van der Waals surface area (Å²) in [6, 6.07) is 12.1. The van der Waals surface area contributed by atoms with E-state index in [2.05, 4.69) is 15.8 Å². The summed E-state index contributed by atoms with van der Waals surface area (Å²) in [4.78, 5) is 23.8. The Balaban J connectivity index is 1.80. The molecule has 2 rings (SSSR count). The van der Waals surface area contributed by atoms with Crippen LogP contribution < -0.4 is 15.5 Å². The van der Waals surface area contributed by atoms with Gasteiger partial charge in [-0.3, -0.25) is 9.59 Å². The molecule has 27 heavy (non-hydrogen) atoms. The van der Waals surface area contributed by atoms with Crippen LogP contribution in [0.1, 0.15) is 25.3 Å². The van der Waals surface area contributed by atoms with Crippen molar-refractivity contribution in [2.75, 3.05) is 11.9 Å². The molecule has 0 atom stereocenters. The largest absolute Gasteiger partial charge is 0.493 e. The van der Waals surface area contributed by atoms with Crippen molar-refractivity contribution in [3.8, 4) is 5.75 Å². The minimum atomic E-state index is -0.377. The fourth-order valence-corrected chi connectivity index (χ4v) is 2.59. The van der Waals surface area contributed by atoms with Crippen molar-refractivity contribution in [3.63, 3.8) is 0 Å². The fraction of sp³-hybridized carbons (Fsp3) is 0.211. The zero-order valence-electron chi connectivity index (χ0n) is 14.7. The number of para-hydroxylation sites is 1. The van der Waals surface area contributed by atoms with Crippen LogP contribution in [0.15, 0.2) is 47.6 Å². The molecule has 0 aliphatic rings. The number of nitrogens with zero attached hydrogens (tertiary/aromatic N) is 1. The van der Waals surface area contributed by atoms with E-state index in [1.807, 2.05) is 31.2 Å². The highest BCUT2D eigenvalue weighted by Gasteiger charge is 2.09. The van der Waals surface area contributed by atoms with Crippen molar-refractivity contribution >= 4 is 46.9 Å². The molecule has 2 aromatic carbocycles. The minimum Gasteiger partial charge on any atom is -0.493 e. The number of hydrazone groups is 1. The summed E-state index contributed by atoms with van der Waals surface area (Å²) in [5.41, 5.74) is 3.58. The second-order valence-electron chi connectivity index (χ2n) is 5.44. The lowest BCUT2D eigenvalue weighted by Crippen LogP contribution is -2.20. The van der Waals surface area contributed by atoms with Crippen molar-refractivity contribution in [1.29, 1.82) is 0 Å². The van der Waals surface area contributed by atoms with Gasteiger partial charge in [0.15, 0.2) is 0 Å². The monoisotopic (exact) mass is 407 g/mol. The molecule has 2 amide bonds. The van der Waals surface area contributed by atoms with Gasteiger partial charge in [-0.05, 0) is 37.3 Å². The van der Waals surface area contributed by atoms with Crippen LogP contribution in [0.2, 0.25) is 10.0 Å². The van der Waals surface area contributed by atoms with E-state index in [-0.39, 0.29) is 24.7 Å². The van der Waals surface area contributed by atoms with Crippen molar-refractivity contribution in [3.05, 3.63) is 58.1 Å². The Morgan fingerprint density at radius 2 is 1.85 bits per heavy atom. The van der Waals surface area contributed by atoms with Crippen LogP contribution in [0.25, 0.3) is 0 Å². The molecule has 0 saturated carbocycles. The number of halogens is 2. The average Bonchev–Trinajstić information content (AvgIpc) is 2.64. The Morgan fingerprint density at radius 1 is 1.11 bits per heavy atom. The third-order valence-corrected chi connectivity index (χ3v) is 3.94. The molecular formula is C19H19Cl2N3O3. The molecule has 2 N–H and O–H groups in total. The minimum absolute atomic E-state index is 0.00413. The van der Waals surface area contributed by atoms with Crippen LogP contribution in [0.5, 0.6) is 5.75 Å². The first-order chi connectivity index (χ1) is 13.0. The van der Waals surface area contributed by atoms with Crippen LogP contribution in [0, 0.1) is 0 Å². The van der Waals surface area contributed by atoms with E-state index in [0.29, 0.717) is 28.1 Å². The number of ether oxygens (including phenoxy) is 1. The molecule has 2 aromatic rings. The van der Waals surface area contributed by atoms with Crippen LogP contribution in [-0.4, -0.2) is 24.6 Å². The summed E-state index contributed by atoms with van der Waals surface area (Å²) in [6.45, 7) is 2.42. The normalized spacial score (nSPS) is 10.6. The lowest BCUT2D eigenvalue weighted by molar-refractivity contribution is -0.124. The first-order valence-corrected chi connectivity index (χ1v) is 9.04. The van der Waals surface area contributed by atoms with Gasteiger partial charge in [-0.2, -0.15) is 5.10 Å². The summed E-state index contributed by atoms with van der Waals surface area (Å²) in [5.74, 6) is -0.0326. The molecule has 0 radical (unpaired) electrons. The SMILES string of the molecule is CCOc1ccccc1C=NNC(=O)CCC(=O)Nc1ccc(Cl)cc1Cl. The Morgan fingerprint density at radius 3 is 2.59 bits per heavy atom. The molecule has 6 nitrogen and oxygen atoms in total. The molecule has 8 heteroatoms. The number of hydrogen-bond donors (Lipinski definition) is 2. The van der Waals surface area contributed by atoms with E-state index in [0.717, 1.165) is 5.56 Å². The number of carbonyl (C=O) groups is 2.